The molecule has 1 rings (SSSR count). The molecule has 0 aromatic rings. The zero-order chi connectivity index (χ0) is 10.9. The summed E-state index contributed by atoms with van der Waals surface area (Å²) in [6.07, 6.45) is 9.98. The molecule has 86 valence electrons. The van der Waals surface area contributed by atoms with Crippen LogP contribution in [-0.4, -0.2) is 37.6 Å². The molecule has 0 radical (unpaired) electrons. The van der Waals surface area contributed by atoms with Gasteiger partial charge in [0.05, 0.1) is 0 Å². The lowest BCUT2D eigenvalue weighted by molar-refractivity contribution is 0.283. The van der Waals surface area contributed by atoms with Crippen LogP contribution in [0, 0.1) is 18.3 Å². The third kappa shape index (κ3) is 5.81. The van der Waals surface area contributed by atoms with Crippen LogP contribution in [0.15, 0.2) is 0 Å². The van der Waals surface area contributed by atoms with Gasteiger partial charge < -0.3 is 10.2 Å². The predicted molar refractivity (Wildman–Crippen MR) is 65.8 cm³/mol. The van der Waals surface area contributed by atoms with Crippen molar-refractivity contribution in [3.63, 3.8) is 0 Å². The average Bonchev–Trinajstić information content (AvgIpc) is 2.70. The van der Waals surface area contributed by atoms with Crippen molar-refractivity contribution in [2.45, 2.75) is 32.6 Å². The second kappa shape index (κ2) is 7.73. The van der Waals surface area contributed by atoms with Gasteiger partial charge in [-0.3, -0.25) is 0 Å². The van der Waals surface area contributed by atoms with Crippen LogP contribution >= 0.6 is 0 Å². The van der Waals surface area contributed by atoms with Crippen molar-refractivity contribution in [3.05, 3.63) is 0 Å². The van der Waals surface area contributed by atoms with E-state index in [2.05, 4.69) is 23.1 Å². The fourth-order valence-electron chi connectivity index (χ4n) is 2.13. The molecular formula is C13H24N2. The molecule has 2 nitrogen and oxygen atoms in total. The highest BCUT2D eigenvalue weighted by Gasteiger charge is 2.13. The van der Waals surface area contributed by atoms with Gasteiger partial charge in [-0.1, -0.05) is 6.92 Å². The normalized spacial score (nSPS) is 18.9. The second-order valence-corrected chi connectivity index (χ2v) is 4.62. The summed E-state index contributed by atoms with van der Waals surface area (Å²) in [7, 11) is 0. The topological polar surface area (TPSA) is 15.3 Å². The molecule has 0 saturated carbocycles. The molecule has 1 atom stereocenters. The van der Waals surface area contributed by atoms with E-state index in [-0.39, 0.29) is 0 Å². The summed E-state index contributed by atoms with van der Waals surface area (Å²) in [6, 6.07) is 0. The van der Waals surface area contributed by atoms with Crippen LogP contribution in [0.5, 0.6) is 0 Å². The number of hydrogen-bond acceptors (Lipinski definition) is 2. The molecule has 15 heavy (non-hydrogen) atoms. The van der Waals surface area contributed by atoms with Crippen LogP contribution in [0.4, 0.5) is 0 Å². The Bertz CT molecular complexity index is 189. The van der Waals surface area contributed by atoms with E-state index in [9.17, 15) is 0 Å². The van der Waals surface area contributed by atoms with Crippen LogP contribution in [0.1, 0.15) is 32.6 Å². The van der Waals surface area contributed by atoms with Crippen molar-refractivity contribution in [1.29, 1.82) is 0 Å². The summed E-state index contributed by atoms with van der Waals surface area (Å²) in [5.74, 6) is 3.42. The molecule has 1 aliphatic heterocycles. The third-order valence-electron chi connectivity index (χ3n) is 2.94. The maximum absolute atomic E-state index is 5.19. The highest BCUT2D eigenvalue weighted by Crippen LogP contribution is 2.09. The highest BCUT2D eigenvalue weighted by molar-refractivity contribution is 4.83. The number of terminal acetylenes is 1. The number of hydrogen-bond donors (Lipinski definition) is 1. The van der Waals surface area contributed by atoms with Crippen molar-refractivity contribution in [2.24, 2.45) is 5.92 Å². The van der Waals surface area contributed by atoms with Crippen molar-refractivity contribution < 1.29 is 0 Å². The van der Waals surface area contributed by atoms with Gasteiger partial charge in [0.15, 0.2) is 0 Å². The van der Waals surface area contributed by atoms with Gasteiger partial charge in [0.25, 0.3) is 0 Å². The summed E-state index contributed by atoms with van der Waals surface area (Å²) >= 11 is 0. The van der Waals surface area contributed by atoms with Crippen molar-refractivity contribution in [1.82, 2.24) is 10.2 Å². The first-order chi connectivity index (χ1) is 7.33. The van der Waals surface area contributed by atoms with Crippen LogP contribution in [0.25, 0.3) is 0 Å². The summed E-state index contributed by atoms with van der Waals surface area (Å²) in [5, 5.41) is 3.47. The molecule has 1 unspecified atom stereocenters. The summed E-state index contributed by atoms with van der Waals surface area (Å²) < 4.78 is 0. The van der Waals surface area contributed by atoms with Gasteiger partial charge in [-0.25, -0.2) is 0 Å². The first-order valence-electron chi connectivity index (χ1n) is 6.19. The Labute approximate surface area is 94.4 Å². The lowest BCUT2D eigenvalue weighted by Gasteiger charge is -2.20. The maximum Gasteiger partial charge on any atom is 0.00981 e. The molecule has 0 bridgehead atoms. The number of nitrogens with one attached hydrogen (secondary N) is 1. The Morgan fingerprint density at radius 1 is 1.40 bits per heavy atom. The number of likely N-dealkylation sites (tertiary alicyclic amines) is 1. The molecule has 0 aromatic carbocycles. The minimum Gasteiger partial charge on any atom is -0.316 e. The number of rotatable bonds is 7. The van der Waals surface area contributed by atoms with E-state index in [1.807, 2.05) is 0 Å². The highest BCUT2D eigenvalue weighted by atomic mass is 15.1. The van der Waals surface area contributed by atoms with E-state index in [4.69, 9.17) is 6.42 Å². The Morgan fingerprint density at radius 3 is 2.80 bits per heavy atom. The Morgan fingerprint density at radius 2 is 2.13 bits per heavy atom. The van der Waals surface area contributed by atoms with E-state index < -0.39 is 0 Å². The quantitative estimate of drug-likeness (QED) is 0.506. The van der Waals surface area contributed by atoms with E-state index >= 15 is 0 Å². The maximum atomic E-state index is 5.19. The lowest BCUT2D eigenvalue weighted by Crippen LogP contribution is -2.32. The van der Waals surface area contributed by atoms with Gasteiger partial charge in [-0.15, -0.1) is 12.3 Å². The molecule has 2 heteroatoms. The van der Waals surface area contributed by atoms with Gasteiger partial charge in [-0.05, 0) is 51.4 Å². The molecule has 0 amide bonds. The lowest BCUT2D eigenvalue weighted by atomic mass is 10.1. The molecule has 0 aromatic heterocycles. The first-order valence-corrected chi connectivity index (χ1v) is 6.19. The minimum atomic E-state index is 0.758. The van der Waals surface area contributed by atoms with Gasteiger partial charge in [-0.2, -0.15) is 0 Å². The van der Waals surface area contributed by atoms with Crippen LogP contribution in [-0.2, 0) is 0 Å². The Hall–Kier alpha value is -0.520. The van der Waals surface area contributed by atoms with Crippen molar-refractivity contribution >= 4 is 0 Å². The number of unbranched alkanes of at least 4 members (excludes halogenated alkanes) is 1. The van der Waals surface area contributed by atoms with Gasteiger partial charge in [0.2, 0.25) is 0 Å². The van der Waals surface area contributed by atoms with E-state index in [1.165, 1.54) is 32.5 Å². The first kappa shape index (κ1) is 12.5. The van der Waals surface area contributed by atoms with E-state index in [0.29, 0.717) is 0 Å². The molecule has 1 saturated heterocycles. The van der Waals surface area contributed by atoms with Gasteiger partial charge in [0, 0.05) is 13.0 Å². The fraction of sp³-hybridized carbons (Fsp3) is 0.846. The van der Waals surface area contributed by atoms with Crippen LogP contribution in [0.2, 0.25) is 0 Å². The van der Waals surface area contributed by atoms with Crippen molar-refractivity contribution in [3.8, 4) is 12.3 Å². The molecule has 1 aliphatic rings. The number of nitrogens with zero attached hydrogens (tertiary/aromatic N) is 1. The second-order valence-electron chi connectivity index (χ2n) is 4.62. The van der Waals surface area contributed by atoms with Gasteiger partial charge >= 0.3 is 0 Å². The zero-order valence-electron chi connectivity index (χ0n) is 9.97. The van der Waals surface area contributed by atoms with Crippen molar-refractivity contribution in [2.75, 3.05) is 32.7 Å². The van der Waals surface area contributed by atoms with E-state index in [0.717, 1.165) is 31.8 Å². The molecule has 1 fully saturated rings. The largest absolute Gasteiger partial charge is 0.316 e. The SMILES string of the molecule is C#CCCCNCC(C)CN1CCCC1. The Balaban J connectivity index is 1.93. The standard InChI is InChI=1S/C13H24N2/c1-3-4-5-8-14-11-13(2)12-15-9-6-7-10-15/h1,13-14H,4-12H2,2H3. The molecule has 1 N–H and O–H groups in total. The molecular weight excluding hydrogens is 184 g/mol. The predicted octanol–water partition coefficient (Wildman–Crippen LogP) is 1.72. The molecule has 0 aliphatic carbocycles. The molecule has 0 spiro atoms. The third-order valence-corrected chi connectivity index (χ3v) is 2.94. The Kier molecular flexibility index (Phi) is 6.47. The summed E-state index contributed by atoms with van der Waals surface area (Å²) in [5.41, 5.74) is 0. The smallest absolute Gasteiger partial charge is 0.00981 e. The zero-order valence-corrected chi connectivity index (χ0v) is 9.97. The summed E-state index contributed by atoms with van der Waals surface area (Å²) in [6.45, 7) is 8.38. The van der Waals surface area contributed by atoms with Crippen LogP contribution in [0.3, 0.4) is 0 Å². The van der Waals surface area contributed by atoms with Gasteiger partial charge in [0.1, 0.15) is 0 Å². The average molecular weight is 208 g/mol. The fourth-order valence-corrected chi connectivity index (χ4v) is 2.13. The summed E-state index contributed by atoms with van der Waals surface area (Å²) in [4.78, 5) is 2.58. The minimum absolute atomic E-state index is 0.758. The van der Waals surface area contributed by atoms with Crippen LogP contribution < -0.4 is 5.32 Å². The molecule has 1 heterocycles. The monoisotopic (exact) mass is 208 g/mol. The van der Waals surface area contributed by atoms with E-state index in [1.54, 1.807) is 0 Å².